The van der Waals surface area contributed by atoms with Gasteiger partial charge in [-0.05, 0) is 30.2 Å². The molecule has 2 rings (SSSR count). The quantitative estimate of drug-likeness (QED) is 0.883. The van der Waals surface area contributed by atoms with E-state index in [-0.39, 0.29) is 5.91 Å². The number of nitrogens with one attached hydrogen (secondary N) is 1. The van der Waals surface area contributed by atoms with Gasteiger partial charge in [-0.3, -0.25) is 9.48 Å². The fourth-order valence-electron chi connectivity index (χ4n) is 1.60. The van der Waals surface area contributed by atoms with Crippen molar-refractivity contribution in [3.05, 3.63) is 47.8 Å². The van der Waals surface area contributed by atoms with Crippen LogP contribution in [0, 0.1) is 0 Å². The van der Waals surface area contributed by atoms with Gasteiger partial charge in [0.05, 0.1) is 0 Å². The molecule has 1 aromatic carbocycles. The third kappa shape index (κ3) is 3.20. The number of nitrogens with zero attached hydrogens (tertiary/aromatic N) is 2. The zero-order valence-corrected chi connectivity index (χ0v) is 11.6. The van der Waals surface area contributed by atoms with Gasteiger partial charge in [0.15, 0.2) is 5.69 Å². The lowest BCUT2D eigenvalue weighted by Crippen LogP contribution is -2.13. The van der Waals surface area contributed by atoms with E-state index in [1.165, 1.54) is 5.56 Å². The van der Waals surface area contributed by atoms with Crippen LogP contribution in [0.25, 0.3) is 0 Å². The number of benzene rings is 1. The van der Waals surface area contributed by atoms with Crippen LogP contribution in [0.5, 0.6) is 0 Å². The van der Waals surface area contributed by atoms with Crippen molar-refractivity contribution in [3.63, 3.8) is 0 Å². The van der Waals surface area contributed by atoms with Gasteiger partial charge >= 0.3 is 0 Å². The van der Waals surface area contributed by atoms with E-state index in [0.717, 1.165) is 17.4 Å². The Labute approximate surface area is 114 Å². The molecule has 5 heteroatoms. The minimum atomic E-state index is -0.191. The number of alkyl halides is 1. The smallest absolute Gasteiger partial charge is 0.276 e. The van der Waals surface area contributed by atoms with Gasteiger partial charge in [0.2, 0.25) is 0 Å². The summed E-state index contributed by atoms with van der Waals surface area (Å²) in [5.41, 5.74) is 2.44. The van der Waals surface area contributed by atoms with E-state index in [0.29, 0.717) is 5.69 Å². The number of carbonyl (C=O) groups excluding carboxylic acids is 1. The van der Waals surface area contributed by atoms with Crippen molar-refractivity contribution < 1.29 is 4.79 Å². The third-order valence-electron chi connectivity index (χ3n) is 2.54. The molecule has 0 bridgehead atoms. The van der Waals surface area contributed by atoms with Gasteiger partial charge < -0.3 is 5.32 Å². The van der Waals surface area contributed by atoms with Crippen molar-refractivity contribution in [1.29, 1.82) is 0 Å². The minimum absolute atomic E-state index is 0.191. The second-order valence-electron chi connectivity index (χ2n) is 3.96. The van der Waals surface area contributed by atoms with Crippen molar-refractivity contribution in [2.45, 2.75) is 6.42 Å². The number of aryl methyl sites for hydroxylation is 2. The molecule has 2 aromatic rings. The zero-order valence-electron chi connectivity index (χ0n) is 10.1. The van der Waals surface area contributed by atoms with Crippen LogP contribution in [0.4, 0.5) is 5.69 Å². The number of rotatable bonds is 4. The van der Waals surface area contributed by atoms with Crippen LogP contribution < -0.4 is 5.32 Å². The molecule has 0 radical (unpaired) electrons. The van der Waals surface area contributed by atoms with Gasteiger partial charge in [0, 0.05) is 24.3 Å². The third-order valence-corrected chi connectivity index (χ3v) is 2.94. The van der Waals surface area contributed by atoms with E-state index in [9.17, 15) is 4.79 Å². The first-order valence-corrected chi connectivity index (χ1v) is 6.77. The monoisotopic (exact) mass is 307 g/mol. The van der Waals surface area contributed by atoms with E-state index in [4.69, 9.17) is 0 Å². The van der Waals surface area contributed by atoms with Crippen LogP contribution in [-0.2, 0) is 13.5 Å². The van der Waals surface area contributed by atoms with Crippen molar-refractivity contribution >= 4 is 27.5 Å². The lowest BCUT2D eigenvalue weighted by atomic mass is 10.1. The molecular weight excluding hydrogens is 294 g/mol. The summed E-state index contributed by atoms with van der Waals surface area (Å²) >= 11 is 3.40. The Kier molecular flexibility index (Phi) is 4.15. The number of anilines is 1. The molecule has 0 aliphatic heterocycles. The van der Waals surface area contributed by atoms with Crippen LogP contribution >= 0.6 is 15.9 Å². The molecule has 1 N–H and O–H groups in total. The largest absolute Gasteiger partial charge is 0.321 e. The maximum Gasteiger partial charge on any atom is 0.276 e. The zero-order chi connectivity index (χ0) is 13.0. The SMILES string of the molecule is Cn1ccc(C(=O)Nc2ccc(CCBr)cc2)n1. The van der Waals surface area contributed by atoms with Gasteiger partial charge in [-0.25, -0.2) is 0 Å². The Morgan fingerprint density at radius 2 is 2.06 bits per heavy atom. The van der Waals surface area contributed by atoms with E-state index >= 15 is 0 Å². The predicted octanol–water partition coefficient (Wildman–Crippen LogP) is 2.61. The molecule has 0 saturated carbocycles. The first kappa shape index (κ1) is 12.8. The summed E-state index contributed by atoms with van der Waals surface area (Å²) in [6, 6.07) is 9.51. The Hall–Kier alpha value is -1.62. The number of carbonyl (C=O) groups is 1. The average Bonchev–Trinajstić information content (AvgIpc) is 2.79. The molecular formula is C13H14BrN3O. The molecule has 0 unspecified atom stereocenters. The van der Waals surface area contributed by atoms with E-state index in [2.05, 4.69) is 26.3 Å². The summed E-state index contributed by atoms with van der Waals surface area (Å²) < 4.78 is 1.61. The Morgan fingerprint density at radius 3 is 2.61 bits per heavy atom. The van der Waals surface area contributed by atoms with Gasteiger partial charge in [0.1, 0.15) is 0 Å². The van der Waals surface area contributed by atoms with E-state index in [1.807, 2.05) is 24.3 Å². The normalized spacial score (nSPS) is 10.3. The molecule has 94 valence electrons. The molecule has 18 heavy (non-hydrogen) atoms. The second-order valence-corrected chi connectivity index (χ2v) is 4.76. The Morgan fingerprint density at radius 1 is 1.33 bits per heavy atom. The van der Waals surface area contributed by atoms with Gasteiger partial charge in [-0.2, -0.15) is 5.10 Å². The molecule has 0 fully saturated rings. The maximum absolute atomic E-state index is 11.8. The number of aromatic nitrogens is 2. The van der Waals surface area contributed by atoms with E-state index < -0.39 is 0 Å². The van der Waals surface area contributed by atoms with Gasteiger partial charge in [-0.15, -0.1) is 0 Å². The number of halogens is 1. The van der Waals surface area contributed by atoms with Crippen LogP contribution in [0.2, 0.25) is 0 Å². The number of hydrogen-bond donors (Lipinski definition) is 1. The topological polar surface area (TPSA) is 46.9 Å². The molecule has 0 spiro atoms. The summed E-state index contributed by atoms with van der Waals surface area (Å²) in [6.07, 6.45) is 2.72. The maximum atomic E-state index is 11.8. The highest BCUT2D eigenvalue weighted by molar-refractivity contribution is 9.09. The fraction of sp³-hybridized carbons (Fsp3) is 0.231. The van der Waals surface area contributed by atoms with Crippen LogP contribution in [0.1, 0.15) is 16.1 Å². The summed E-state index contributed by atoms with van der Waals surface area (Å²) in [5.74, 6) is -0.191. The standard InChI is InChI=1S/C13H14BrN3O/c1-17-9-7-12(16-17)13(18)15-11-4-2-10(3-5-11)6-8-14/h2-5,7,9H,6,8H2,1H3,(H,15,18). The molecule has 0 saturated heterocycles. The average molecular weight is 308 g/mol. The highest BCUT2D eigenvalue weighted by atomic mass is 79.9. The lowest BCUT2D eigenvalue weighted by Gasteiger charge is -2.04. The van der Waals surface area contributed by atoms with Crippen molar-refractivity contribution in [3.8, 4) is 0 Å². The molecule has 0 aliphatic carbocycles. The second kappa shape index (κ2) is 5.82. The first-order valence-electron chi connectivity index (χ1n) is 5.65. The Balaban J connectivity index is 2.03. The van der Waals surface area contributed by atoms with Crippen LogP contribution in [0.15, 0.2) is 36.5 Å². The summed E-state index contributed by atoms with van der Waals surface area (Å²) in [5, 5.41) is 7.80. The first-order chi connectivity index (χ1) is 8.69. The molecule has 0 atom stereocenters. The predicted molar refractivity (Wildman–Crippen MR) is 75.1 cm³/mol. The number of amides is 1. The van der Waals surface area contributed by atoms with Crippen molar-refractivity contribution in [2.75, 3.05) is 10.6 Å². The molecule has 1 aromatic heterocycles. The van der Waals surface area contributed by atoms with Gasteiger partial charge in [-0.1, -0.05) is 28.1 Å². The summed E-state index contributed by atoms with van der Waals surface area (Å²) in [7, 11) is 1.78. The van der Waals surface area contributed by atoms with Crippen molar-refractivity contribution in [2.24, 2.45) is 7.05 Å². The highest BCUT2D eigenvalue weighted by Gasteiger charge is 2.08. The molecule has 0 aliphatic rings. The lowest BCUT2D eigenvalue weighted by molar-refractivity contribution is 0.102. The van der Waals surface area contributed by atoms with Gasteiger partial charge in [0.25, 0.3) is 5.91 Å². The molecule has 1 heterocycles. The molecule has 1 amide bonds. The Bertz CT molecular complexity index is 533. The minimum Gasteiger partial charge on any atom is -0.321 e. The fourth-order valence-corrected chi connectivity index (χ4v) is 2.05. The molecule has 4 nitrogen and oxygen atoms in total. The summed E-state index contributed by atoms with van der Waals surface area (Å²) in [6.45, 7) is 0. The van der Waals surface area contributed by atoms with Crippen molar-refractivity contribution in [1.82, 2.24) is 9.78 Å². The number of hydrogen-bond acceptors (Lipinski definition) is 2. The summed E-state index contributed by atoms with van der Waals surface area (Å²) in [4.78, 5) is 11.8. The van der Waals surface area contributed by atoms with E-state index in [1.54, 1.807) is 24.0 Å². The highest BCUT2D eigenvalue weighted by Crippen LogP contribution is 2.11. The van der Waals surface area contributed by atoms with Crippen LogP contribution in [-0.4, -0.2) is 21.0 Å². The van der Waals surface area contributed by atoms with Crippen LogP contribution in [0.3, 0.4) is 0 Å².